The highest BCUT2D eigenvalue weighted by Gasteiger charge is 2.20. The molecule has 0 saturated heterocycles. The largest absolute Gasteiger partial charge is 0.481 e. The minimum absolute atomic E-state index is 0.00549. The Kier molecular flexibility index (Phi) is 6.44. The van der Waals surface area contributed by atoms with Gasteiger partial charge in [0.1, 0.15) is 5.75 Å². The molecule has 2 aromatic carbocycles. The highest BCUT2D eigenvalue weighted by molar-refractivity contribution is 9.10. The van der Waals surface area contributed by atoms with Gasteiger partial charge in [0.15, 0.2) is 6.10 Å². The van der Waals surface area contributed by atoms with Crippen LogP contribution in [0.2, 0.25) is 0 Å². The first-order valence-corrected chi connectivity index (χ1v) is 8.99. The first-order valence-electron chi connectivity index (χ1n) is 8.20. The number of hydrogen-bond donors (Lipinski definition) is 1. The van der Waals surface area contributed by atoms with Crippen molar-refractivity contribution in [3.8, 4) is 5.75 Å². The standard InChI is InChI=1S/C20H24BrNO2/c1-5-19(18-11-6-13(2)12-14(18)3)22-20(23)15(4)24-17-9-7-16(21)8-10-17/h6-12,15,19H,5H2,1-4H3,(H,22,23)/t15-,19+/m0/s1. The zero-order valence-electron chi connectivity index (χ0n) is 14.6. The van der Waals surface area contributed by atoms with Gasteiger partial charge in [-0.05, 0) is 62.6 Å². The van der Waals surface area contributed by atoms with E-state index in [9.17, 15) is 4.79 Å². The maximum Gasteiger partial charge on any atom is 0.261 e. The molecule has 1 amide bonds. The monoisotopic (exact) mass is 389 g/mol. The lowest BCUT2D eigenvalue weighted by atomic mass is 9.97. The van der Waals surface area contributed by atoms with E-state index in [2.05, 4.69) is 60.2 Å². The summed E-state index contributed by atoms with van der Waals surface area (Å²) in [4.78, 5) is 12.5. The molecule has 4 heteroatoms. The molecule has 0 bridgehead atoms. The molecule has 1 N–H and O–H groups in total. The number of carbonyl (C=O) groups is 1. The zero-order valence-corrected chi connectivity index (χ0v) is 16.2. The van der Waals surface area contributed by atoms with Crippen molar-refractivity contribution in [2.24, 2.45) is 0 Å². The van der Waals surface area contributed by atoms with E-state index in [1.54, 1.807) is 6.92 Å². The van der Waals surface area contributed by atoms with Crippen molar-refractivity contribution in [3.63, 3.8) is 0 Å². The van der Waals surface area contributed by atoms with Crippen molar-refractivity contribution in [3.05, 3.63) is 63.6 Å². The van der Waals surface area contributed by atoms with Gasteiger partial charge in [0.25, 0.3) is 5.91 Å². The summed E-state index contributed by atoms with van der Waals surface area (Å²) in [6.07, 6.45) is 0.284. The number of carbonyl (C=O) groups excluding carboxylic acids is 1. The molecule has 2 atom stereocenters. The molecule has 0 spiro atoms. The van der Waals surface area contributed by atoms with E-state index < -0.39 is 6.10 Å². The number of halogens is 1. The van der Waals surface area contributed by atoms with E-state index >= 15 is 0 Å². The number of aryl methyl sites for hydroxylation is 2. The molecule has 0 saturated carbocycles. The quantitative estimate of drug-likeness (QED) is 0.745. The van der Waals surface area contributed by atoms with E-state index in [0.29, 0.717) is 5.75 Å². The lowest BCUT2D eigenvalue weighted by Crippen LogP contribution is -2.38. The fraction of sp³-hybridized carbons (Fsp3) is 0.350. The highest BCUT2D eigenvalue weighted by Crippen LogP contribution is 2.22. The Labute approximate surface area is 152 Å². The molecule has 0 unspecified atom stereocenters. The molecule has 0 radical (unpaired) electrons. The summed E-state index contributed by atoms with van der Waals surface area (Å²) in [5.41, 5.74) is 3.58. The van der Waals surface area contributed by atoms with Crippen LogP contribution < -0.4 is 10.1 Å². The van der Waals surface area contributed by atoms with Crippen molar-refractivity contribution < 1.29 is 9.53 Å². The lowest BCUT2D eigenvalue weighted by molar-refractivity contribution is -0.128. The van der Waals surface area contributed by atoms with Crippen LogP contribution in [0.4, 0.5) is 0 Å². The third-order valence-electron chi connectivity index (χ3n) is 4.02. The number of ether oxygens (including phenoxy) is 1. The molecule has 0 aliphatic carbocycles. The van der Waals surface area contributed by atoms with Gasteiger partial charge in [-0.3, -0.25) is 4.79 Å². The van der Waals surface area contributed by atoms with Crippen LogP contribution >= 0.6 is 15.9 Å². The summed E-state index contributed by atoms with van der Waals surface area (Å²) in [5.74, 6) is 0.574. The first-order chi connectivity index (χ1) is 11.4. The number of benzene rings is 2. The van der Waals surface area contributed by atoms with Crippen LogP contribution in [0.1, 0.15) is 43.0 Å². The van der Waals surface area contributed by atoms with Crippen molar-refractivity contribution in [1.82, 2.24) is 5.32 Å². The van der Waals surface area contributed by atoms with Crippen LogP contribution in [0, 0.1) is 13.8 Å². The molecular formula is C20H24BrNO2. The maximum atomic E-state index is 12.5. The summed E-state index contributed by atoms with van der Waals surface area (Å²) in [6, 6.07) is 13.8. The van der Waals surface area contributed by atoms with Crippen LogP contribution in [0.3, 0.4) is 0 Å². The van der Waals surface area contributed by atoms with E-state index in [4.69, 9.17) is 4.74 Å². The Morgan fingerprint density at radius 2 is 1.83 bits per heavy atom. The molecule has 0 aliphatic heterocycles. The highest BCUT2D eigenvalue weighted by atomic mass is 79.9. The van der Waals surface area contributed by atoms with Gasteiger partial charge in [-0.15, -0.1) is 0 Å². The molecule has 2 aromatic rings. The fourth-order valence-corrected chi connectivity index (χ4v) is 2.94. The van der Waals surface area contributed by atoms with Crippen molar-refractivity contribution in [1.29, 1.82) is 0 Å². The van der Waals surface area contributed by atoms with Crippen LogP contribution in [0.25, 0.3) is 0 Å². The van der Waals surface area contributed by atoms with Gasteiger partial charge in [-0.1, -0.05) is 46.6 Å². The second kappa shape index (κ2) is 8.34. The van der Waals surface area contributed by atoms with Crippen LogP contribution in [-0.4, -0.2) is 12.0 Å². The summed E-state index contributed by atoms with van der Waals surface area (Å²) in [6.45, 7) is 8.00. The van der Waals surface area contributed by atoms with E-state index in [1.807, 2.05) is 24.3 Å². The summed E-state index contributed by atoms with van der Waals surface area (Å²) >= 11 is 3.39. The second-order valence-electron chi connectivity index (χ2n) is 6.04. The molecule has 0 heterocycles. The number of rotatable bonds is 6. The minimum atomic E-state index is -0.550. The predicted molar refractivity (Wildman–Crippen MR) is 101 cm³/mol. The van der Waals surface area contributed by atoms with E-state index in [-0.39, 0.29) is 11.9 Å². The minimum Gasteiger partial charge on any atom is -0.481 e. The fourth-order valence-electron chi connectivity index (χ4n) is 2.68. The molecule has 3 nitrogen and oxygen atoms in total. The van der Waals surface area contributed by atoms with Gasteiger partial charge in [0.2, 0.25) is 0 Å². The average molecular weight is 390 g/mol. The van der Waals surface area contributed by atoms with Crippen LogP contribution in [0.15, 0.2) is 46.9 Å². The Hall–Kier alpha value is -1.81. The Morgan fingerprint density at radius 1 is 1.17 bits per heavy atom. The molecule has 128 valence electrons. The molecule has 0 fully saturated rings. The van der Waals surface area contributed by atoms with Crippen LogP contribution in [0.5, 0.6) is 5.75 Å². The molecule has 0 aromatic heterocycles. The SMILES string of the molecule is CC[C@@H](NC(=O)[C@H](C)Oc1ccc(Br)cc1)c1ccc(C)cc1C. The Bertz CT molecular complexity index is 697. The van der Waals surface area contributed by atoms with E-state index in [0.717, 1.165) is 16.5 Å². The van der Waals surface area contributed by atoms with Crippen molar-refractivity contribution >= 4 is 21.8 Å². The van der Waals surface area contributed by atoms with Gasteiger partial charge < -0.3 is 10.1 Å². The third kappa shape index (κ3) is 4.84. The van der Waals surface area contributed by atoms with E-state index in [1.165, 1.54) is 11.1 Å². The first kappa shape index (κ1) is 18.5. The Morgan fingerprint density at radius 3 is 2.42 bits per heavy atom. The van der Waals surface area contributed by atoms with Crippen molar-refractivity contribution in [2.75, 3.05) is 0 Å². The maximum absolute atomic E-state index is 12.5. The van der Waals surface area contributed by atoms with Gasteiger partial charge in [0.05, 0.1) is 6.04 Å². The normalized spacial score (nSPS) is 13.2. The van der Waals surface area contributed by atoms with Crippen LogP contribution in [-0.2, 0) is 4.79 Å². The third-order valence-corrected chi connectivity index (χ3v) is 4.55. The zero-order chi connectivity index (χ0) is 17.7. The Balaban J connectivity index is 2.04. The summed E-state index contributed by atoms with van der Waals surface area (Å²) in [5, 5.41) is 3.10. The van der Waals surface area contributed by atoms with Gasteiger partial charge in [-0.2, -0.15) is 0 Å². The predicted octanol–water partition coefficient (Wildman–Crippen LogP) is 5.10. The van der Waals surface area contributed by atoms with Gasteiger partial charge >= 0.3 is 0 Å². The number of nitrogens with one attached hydrogen (secondary N) is 1. The molecule has 0 aliphatic rings. The summed E-state index contributed by atoms with van der Waals surface area (Å²) in [7, 11) is 0. The summed E-state index contributed by atoms with van der Waals surface area (Å²) < 4.78 is 6.71. The number of amides is 1. The lowest BCUT2D eigenvalue weighted by Gasteiger charge is -2.22. The molecular weight excluding hydrogens is 366 g/mol. The van der Waals surface area contributed by atoms with Gasteiger partial charge in [-0.25, -0.2) is 0 Å². The average Bonchev–Trinajstić information content (AvgIpc) is 2.55. The number of hydrogen-bond acceptors (Lipinski definition) is 2. The second-order valence-corrected chi connectivity index (χ2v) is 6.96. The molecule has 24 heavy (non-hydrogen) atoms. The van der Waals surface area contributed by atoms with Gasteiger partial charge in [0, 0.05) is 4.47 Å². The smallest absolute Gasteiger partial charge is 0.261 e. The topological polar surface area (TPSA) is 38.3 Å². The van der Waals surface area contributed by atoms with Crippen molar-refractivity contribution in [2.45, 2.75) is 46.3 Å². The molecule has 2 rings (SSSR count).